The molecule has 1 aromatic heterocycles. The summed E-state index contributed by atoms with van der Waals surface area (Å²) in [5, 5.41) is 10.6. The van der Waals surface area contributed by atoms with Crippen molar-refractivity contribution in [1.82, 2.24) is 15.5 Å². The Morgan fingerprint density at radius 1 is 1.19 bits per heavy atom. The van der Waals surface area contributed by atoms with Gasteiger partial charge in [0.2, 0.25) is 0 Å². The molecule has 0 radical (unpaired) electrons. The molecule has 2 aromatic rings. The Labute approximate surface area is 125 Å². The zero-order valence-electron chi connectivity index (χ0n) is 12.8. The summed E-state index contributed by atoms with van der Waals surface area (Å²) in [5.74, 6) is 0.845. The first-order chi connectivity index (χ1) is 10.2. The third kappa shape index (κ3) is 4.58. The van der Waals surface area contributed by atoms with Crippen molar-refractivity contribution in [2.24, 2.45) is 0 Å². The van der Waals surface area contributed by atoms with Gasteiger partial charge in [-0.1, -0.05) is 13.8 Å². The molecule has 2 rings (SSSR count). The molecule has 1 aromatic carbocycles. The molecule has 0 spiro atoms. The van der Waals surface area contributed by atoms with Crippen LogP contribution < -0.4 is 10.1 Å². The summed E-state index contributed by atoms with van der Waals surface area (Å²) in [7, 11) is 1.66. The van der Waals surface area contributed by atoms with Crippen LogP contribution in [0.25, 0.3) is 11.3 Å². The van der Waals surface area contributed by atoms with Crippen molar-refractivity contribution in [1.29, 1.82) is 0 Å². The minimum Gasteiger partial charge on any atom is -0.491 e. The lowest BCUT2D eigenvalue weighted by Crippen LogP contribution is -2.21. The molecular formula is C16H23N3O2. The number of rotatable bonds is 8. The van der Waals surface area contributed by atoms with Crippen LogP contribution >= 0.6 is 0 Å². The predicted molar refractivity (Wildman–Crippen MR) is 83.4 cm³/mol. The first-order valence-electron chi connectivity index (χ1n) is 7.18. The van der Waals surface area contributed by atoms with Gasteiger partial charge >= 0.3 is 0 Å². The second-order valence-corrected chi connectivity index (χ2v) is 5.17. The second-order valence-electron chi connectivity index (χ2n) is 5.17. The molecule has 0 unspecified atom stereocenters. The number of hydrogen-bond acceptors (Lipinski definition) is 4. The summed E-state index contributed by atoms with van der Waals surface area (Å²) in [4.78, 5) is 0. The van der Waals surface area contributed by atoms with E-state index in [1.807, 2.05) is 30.5 Å². The van der Waals surface area contributed by atoms with E-state index in [1.54, 1.807) is 7.11 Å². The zero-order valence-corrected chi connectivity index (χ0v) is 12.8. The molecule has 0 bridgehead atoms. The van der Waals surface area contributed by atoms with Crippen molar-refractivity contribution in [2.45, 2.75) is 26.4 Å². The highest BCUT2D eigenvalue weighted by Gasteiger charge is 2.08. The molecule has 5 heteroatoms. The van der Waals surface area contributed by atoms with Crippen LogP contribution in [0.2, 0.25) is 0 Å². The van der Waals surface area contributed by atoms with Gasteiger partial charge in [0.15, 0.2) is 0 Å². The molecule has 0 amide bonds. The highest BCUT2D eigenvalue weighted by atomic mass is 16.5. The summed E-state index contributed by atoms with van der Waals surface area (Å²) in [6, 6.07) is 8.45. The monoisotopic (exact) mass is 289 g/mol. The van der Waals surface area contributed by atoms with E-state index in [2.05, 4.69) is 29.4 Å². The topological polar surface area (TPSA) is 59.2 Å². The van der Waals surface area contributed by atoms with E-state index < -0.39 is 0 Å². The fraction of sp³-hybridized carbons (Fsp3) is 0.438. The molecule has 1 heterocycles. The Bertz CT molecular complexity index is 535. The molecule has 21 heavy (non-hydrogen) atoms. The maximum atomic E-state index is 5.56. The Hall–Kier alpha value is -1.85. The summed E-state index contributed by atoms with van der Waals surface area (Å²) in [6.07, 6.45) is 1.87. The first kappa shape index (κ1) is 15.5. The number of aromatic nitrogens is 2. The van der Waals surface area contributed by atoms with Crippen molar-refractivity contribution in [3.05, 3.63) is 36.0 Å². The zero-order chi connectivity index (χ0) is 15.1. The number of H-pyrrole nitrogens is 1. The minimum atomic E-state index is 0.448. The fourth-order valence-electron chi connectivity index (χ4n) is 1.97. The number of nitrogens with one attached hydrogen (secondary N) is 2. The van der Waals surface area contributed by atoms with Crippen LogP contribution in [0, 0.1) is 0 Å². The molecule has 0 fully saturated rings. The number of hydrogen-bond donors (Lipinski definition) is 2. The van der Waals surface area contributed by atoms with Crippen LogP contribution in [0.15, 0.2) is 30.5 Å². The Balaban J connectivity index is 2.03. The van der Waals surface area contributed by atoms with Crippen LogP contribution in [0.5, 0.6) is 5.75 Å². The van der Waals surface area contributed by atoms with Crippen molar-refractivity contribution < 1.29 is 9.47 Å². The van der Waals surface area contributed by atoms with Gasteiger partial charge in [0, 0.05) is 30.8 Å². The van der Waals surface area contributed by atoms with Gasteiger partial charge in [0.1, 0.15) is 12.4 Å². The summed E-state index contributed by atoms with van der Waals surface area (Å²) in [6.45, 7) is 6.21. The highest BCUT2D eigenvalue weighted by Crippen LogP contribution is 2.23. The van der Waals surface area contributed by atoms with E-state index in [4.69, 9.17) is 9.47 Å². The lowest BCUT2D eigenvalue weighted by molar-refractivity contribution is 0.146. The molecule has 0 aliphatic rings. The van der Waals surface area contributed by atoms with Gasteiger partial charge in [0.25, 0.3) is 0 Å². The van der Waals surface area contributed by atoms with Crippen molar-refractivity contribution in [3.8, 4) is 17.0 Å². The molecule has 0 atom stereocenters. The van der Waals surface area contributed by atoms with E-state index in [-0.39, 0.29) is 0 Å². The molecule has 0 saturated heterocycles. The van der Waals surface area contributed by atoms with Crippen molar-refractivity contribution in [3.63, 3.8) is 0 Å². The number of methoxy groups -OCH3 is 1. The fourth-order valence-corrected chi connectivity index (χ4v) is 1.97. The SMILES string of the molecule is COCCOc1ccc(-c2[nH]ncc2CNC(C)C)cc1. The highest BCUT2D eigenvalue weighted by molar-refractivity contribution is 5.63. The van der Waals surface area contributed by atoms with Crippen LogP contribution in [0.4, 0.5) is 0 Å². The van der Waals surface area contributed by atoms with Crippen LogP contribution in [-0.2, 0) is 11.3 Å². The first-order valence-corrected chi connectivity index (χ1v) is 7.18. The Morgan fingerprint density at radius 2 is 1.95 bits per heavy atom. The molecule has 2 N–H and O–H groups in total. The summed E-state index contributed by atoms with van der Waals surface area (Å²) >= 11 is 0. The van der Waals surface area contributed by atoms with Gasteiger partial charge in [-0.15, -0.1) is 0 Å². The second kappa shape index (κ2) is 7.81. The molecule has 5 nitrogen and oxygen atoms in total. The number of ether oxygens (including phenoxy) is 2. The maximum Gasteiger partial charge on any atom is 0.119 e. The van der Waals surface area contributed by atoms with Crippen LogP contribution in [0.3, 0.4) is 0 Å². The number of nitrogens with zero attached hydrogens (tertiary/aromatic N) is 1. The van der Waals surface area contributed by atoms with E-state index >= 15 is 0 Å². The summed E-state index contributed by atoms with van der Waals surface area (Å²) in [5.41, 5.74) is 3.32. The third-order valence-electron chi connectivity index (χ3n) is 3.12. The van der Waals surface area contributed by atoms with Gasteiger partial charge in [-0.25, -0.2) is 0 Å². The normalized spacial score (nSPS) is 11.0. The van der Waals surface area contributed by atoms with E-state index in [0.29, 0.717) is 19.3 Å². The van der Waals surface area contributed by atoms with E-state index in [0.717, 1.165) is 29.1 Å². The summed E-state index contributed by atoms with van der Waals surface area (Å²) < 4.78 is 10.5. The van der Waals surface area contributed by atoms with Gasteiger partial charge in [-0.3, -0.25) is 5.10 Å². The third-order valence-corrected chi connectivity index (χ3v) is 3.12. The van der Waals surface area contributed by atoms with Gasteiger partial charge in [0.05, 0.1) is 18.5 Å². The molecule has 114 valence electrons. The van der Waals surface area contributed by atoms with Crippen LogP contribution in [0.1, 0.15) is 19.4 Å². The molecule has 0 saturated carbocycles. The molecule has 0 aliphatic heterocycles. The lowest BCUT2D eigenvalue weighted by atomic mass is 10.1. The van der Waals surface area contributed by atoms with E-state index in [9.17, 15) is 0 Å². The number of benzene rings is 1. The maximum absolute atomic E-state index is 5.56. The molecular weight excluding hydrogens is 266 g/mol. The predicted octanol–water partition coefficient (Wildman–Crippen LogP) is 2.60. The van der Waals surface area contributed by atoms with Crippen molar-refractivity contribution >= 4 is 0 Å². The minimum absolute atomic E-state index is 0.448. The lowest BCUT2D eigenvalue weighted by Gasteiger charge is -2.09. The van der Waals surface area contributed by atoms with Gasteiger partial charge in [-0.05, 0) is 24.3 Å². The Kier molecular flexibility index (Phi) is 5.78. The standard InChI is InChI=1S/C16H23N3O2/c1-12(2)17-10-14-11-18-19-16(14)13-4-6-15(7-5-13)21-9-8-20-3/h4-7,11-12,17H,8-10H2,1-3H3,(H,18,19). The Morgan fingerprint density at radius 3 is 2.62 bits per heavy atom. The number of aromatic amines is 1. The average molecular weight is 289 g/mol. The smallest absolute Gasteiger partial charge is 0.119 e. The van der Waals surface area contributed by atoms with E-state index in [1.165, 1.54) is 0 Å². The average Bonchev–Trinajstić information content (AvgIpc) is 2.94. The quantitative estimate of drug-likeness (QED) is 0.733. The van der Waals surface area contributed by atoms with Crippen molar-refractivity contribution in [2.75, 3.05) is 20.3 Å². The van der Waals surface area contributed by atoms with Crippen LogP contribution in [-0.4, -0.2) is 36.6 Å². The van der Waals surface area contributed by atoms with Gasteiger partial charge < -0.3 is 14.8 Å². The molecule has 0 aliphatic carbocycles. The largest absolute Gasteiger partial charge is 0.491 e. The van der Waals surface area contributed by atoms with Gasteiger partial charge in [-0.2, -0.15) is 5.10 Å².